The highest BCUT2D eigenvalue weighted by atomic mass is 19.4. The lowest BCUT2D eigenvalue weighted by Crippen LogP contribution is -2.36. The standard InChI is InChI=1S/C31H36F3N5/c1-6-30(2,3)29-17-14-23(20-36-29)35-18-8-9-25-19-26-27(37-22-12-15-24(16-13-22)38(4)5)10-7-11-28(26)39(25)21-31(32,33)34/h1,7,10-11,14,17,19-20,22,24,35,37H,12-13,15-16,18,21H2,2-5H3. The van der Waals surface area contributed by atoms with E-state index >= 15 is 0 Å². The molecule has 4 rings (SSSR count). The molecule has 0 atom stereocenters. The minimum absolute atomic E-state index is 0.257. The molecule has 1 saturated carbocycles. The quantitative estimate of drug-likeness (QED) is 0.351. The third-order valence-electron chi connectivity index (χ3n) is 7.43. The van der Waals surface area contributed by atoms with E-state index < -0.39 is 18.1 Å². The van der Waals surface area contributed by atoms with Gasteiger partial charge < -0.3 is 20.1 Å². The van der Waals surface area contributed by atoms with Crippen LogP contribution < -0.4 is 10.6 Å². The molecule has 2 aromatic heterocycles. The van der Waals surface area contributed by atoms with Crippen LogP contribution in [0.2, 0.25) is 0 Å². The normalized spacial score (nSPS) is 17.9. The number of halogens is 3. The van der Waals surface area contributed by atoms with E-state index in [2.05, 4.69) is 52.4 Å². The molecule has 1 aliphatic carbocycles. The smallest absolute Gasteiger partial charge is 0.382 e. The zero-order chi connectivity index (χ0) is 28.2. The lowest BCUT2D eigenvalue weighted by atomic mass is 9.90. The summed E-state index contributed by atoms with van der Waals surface area (Å²) in [6.07, 6.45) is 7.13. The van der Waals surface area contributed by atoms with Crippen molar-refractivity contribution >= 4 is 22.3 Å². The van der Waals surface area contributed by atoms with Crippen molar-refractivity contribution in [1.29, 1.82) is 0 Å². The molecule has 0 aliphatic heterocycles. The Bertz CT molecular complexity index is 1380. The first-order valence-corrected chi connectivity index (χ1v) is 13.3. The highest BCUT2D eigenvalue weighted by Gasteiger charge is 2.30. The van der Waals surface area contributed by atoms with Gasteiger partial charge in [-0.15, -0.1) is 6.42 Å². The summed E-state index contributed by atoms with van der Waals surface area (Å²) >= 11 is 0. The Morgan fingerprint density at radius 1 is 1.10 bits per heavy atom. The highest BCUT2D eigenvalue weighted by molar-refractivity contribution is 5.94. The van der Waals surface area contributed by atoms with Crippen LogP contribution in [0.3, 0.4) is 0 Å². The van der Waals surface area contributed by atoms with Crippen molar-refractivity contribution in [2.24, 2.45) is 0 Å². The van der Waals surface area contributed by atoms with Gasteiger partial charge in [-0.1, -0.05) is 17.9 Å². The highest BCUT2D eigenvalue weighted by Crippen LogP contribution is 2.32. The maximum Gasteiger partial charge on any atom is 0.406 e. The van der Waals surface area contributed by atoms with Crippen molar-refractivity contribution < 1.29 is 13.2 Å². The van der Waals surface area contributed by atoms with E-state index in [1.807, 2.05) is 32.0 Å². The van der Waals surface area contributed by atoms with Crippen LogP contribution in [0.1, 0.15) is 50.9 Å². The zero-order valence-corrected chi connectivity index (χ0v) is 23.0. The second-order valence-electron chi connectivity index (χ2n) is 10.9. The van der Waals surface area contributed by atoms with Gasteiger partial charge in [0.05, 0.1) is 40.7 Å². The largest absolute Gasteiger partial charge is 0.406 e. The van der Waals surface area contributed by atoms with Crippen LogP contribution >= 0.6 is 0 Å². The second-order valence-corrected chi connectivity index (χ2v) is 10.9. The van der Waals surface area contributed by atoms with Crippen molar-refractivity contribution in [2.75, 3.05) is 31.3 Å². The Labute approximate surface area is 229 Å². The van der Waals surface area contributed by atoms with Gasteiger partial charge in [0.2, 0.25) is 0 Å². The minimum atomic E-state index is -4.37. The van der Waals surface area contributed by atoms with Crippen molar-refractivity contribution in [3.05, 3.63) is 54.0 Å². The maximum atomic E-state index is 13.5. The van der Waals surface area contributed by atoms with Crippen LogP contribution in [0.25, 0.3) is 10.9 Å². The number of nitrogens with one attached hydrogen (secondary N) is 2. The van der Waals surface area contributed by atoms with Gasteiger partial charge >= 0.3 is 6.18 Å². The number of hydrogen-bond acceptors (Lipinski definition) is 4. The Hall–Kier alpha value is -3.62. The topological polar surface area (TPSA) is 45.1 Å². The van der Waals surface area contributed by atoms with Gasteiger partial charge in [-0.05, 0) is 89.9 Å². The van der Waals surface area contributed by atoms with E-state index in [0.717, 1.165) is 48.1 Å². The number of rotatable bonds is 7. The summed E-state index contributed by atoms with van der Waals surface area (Å²) in [6.45, 7) is 3.00. The number of fused-ring (bicyclic) bond motifs is 1. The molecule has 2 N–H and O–H groups in total. The number of aromatic nitrogens is 2. The predicted octanol–water partition coefficient (Wildman–Crippen LogP) is 6.26. The lowest BCUT2D eigenvalue weighted by molar-refractivity contribution is -0.140. The third kappa shape index (κ3) is 7.07. The number of alkyl halides is 3. The average Bonchev–Trinajstić information content (AvgIpc) is 3.24. The second kappa shape index (κ2) is 11.6. The molecule has 0 spiro atoms. The molecule has 1 aliphatic rings. The fourth-order valence-electron chi connectivity index (χ4n) is 5.04. The van der Waals surface area contributed by atoms with Gasteiger partial charge in [-0.3, -0.25) is 4.98 Å². The number of benzene rings is 1. The van der Waals surface area contributed by atoms with Crippen molar-refractivity contribution in [3.63, 3.8) is 0 Å². The molecule has 1 fully saturated rings. The molecule has 0 unspecified atom stereocenters. The molecule has 3 aromatic rings. The van der Waals surface area contributed by atoms with Crippen LogP contribution in [0.4, 0.5) is 24.5 Å². The summed E-state index contributed by atoms with van der Waals surface area (Å²) in [4.78, 5) is 6.68. The first-order valence-electron chi connectivity index (χ1n) is 13.3. The number of terminal acetylenes is 1. The molecule has 0 radical (unpaired) electrons. The molecule has 5 nitrogen and oxygen atoms in total. The number of nitrogens with zero attached hydrogens (tertiary/aromatic N) is 3. The molecule has 0 saturated heterocycles. The van der Waals surface area contributed by atoms with E-state index in [-0.39, 0.29) is 6.54 Å². The first kappa shape index (κ1) is 28.4. The number of anilines is 2. The van der Waals surface area contributed by atoms with E-state index in [1.165, 1.54) is 4.57 Å². The van der Waals surface area contributed by atoms with E-state index in [4.69, 9.17) is 6.42 Å². The Morgan fingerprint density at radius 3 is 2.46 bits per heavy atom. The Kier molecular flexibility index (Phi) is 8.47. The fourth-order valence-corrected chi connectivity index (χ4v) is 5.04. The van der Waals surface area contributed by atoms with Crippen molar-refractivity contribution in [3.8, 4) is 24.2 Å². The molecular formula is C31H36F3N5. The number of pyridine rings is 1. The molecule has 206 valence electrons. The van der Waals surface area contributed by atoms with E-state index in [1.54, 1.807) is 24.4 Å². The molecule has 0 amide bonds. The Morgan fingerprint density at radius 2 is 1.85 bits per heavy atom. The fraction of sp³-hybridized carbons (Fsp3) is 0.452. The summed E-state index contributed by atoms with van der Waals surface area (Å²) in [5, 5.41) is 7.51. The summed E-state index contributed by atoms with van der Waals surface area (Å²) in [5.41, 5.74) is 2.78. The Balaban J connectivity index is 1.53. The van der Waals surface area contributed by atoms with Crippen LogP contribution in [0.5, 0.6) is 0 Å². The van der Waals surface area contributed by atoms with Gasteiger partial charge in [-0.2, -0.15) is 13.2 Å². The summed E-state index contributed by atoms with van der Waals surface area (Å²) in [6, 6.07) is 11.8. The van der Waals surface area contributed by atoms with Crippen molar-refractivity contribution in [1.82, 2.24) is 14.5 Å². The monoisotopic (exact) mass is 535 g/mol. The molecule has 1 aromatic carbocycles. The number of hydrogen-bond donors (Lipinski definition) is 2. The maximum absolute atomic E-state index is 13.5. The van der Waals surface area contributed by atoms with Gasteiger partial charge in [0.15, 0.2) is 0 Å². The van der Waals surface area contributed by atoms with Crippen LogP contribution in [-0.2, 0) is 12.0 Å². The van der Waals surface area contributed by atoms with Gasteiger partial charge in [-0.25, -0.2) is 0 Å². The van der Waals surface area contributed by atoms with Gasteiger partial charge in [0.25, 0.3) is 0 Å². The van der Waals surface area contributed by atoms with Crippen LogP contribution in [-0.4, -0.2) is 53.4 Å². The summed E-state index contributed by atoms with van der Waals surface area (Å²) in [7, 11) is 4.21. The SMILES string of the molecule is C#CC(C)(C)c1ccc(NCC#Cc2cc3c(NC4CCC(N(C)C)CC4)cccc3n2CC(F)(F)F)cn1. The molecule has 8 heteroatoms. The van der Waals surface area contributed by atoms with Crippen LogP contribution in [0, 0.1) is 24.2 Å². The molecule has 2 heterocycles. The minimum Gasteiger partial charge on any atom is -0.382 e. The molecule has 0 bridgehead atoms. The van der Waals surface area contributed by atoms with Gasteiger partial charge in [0.1, 0.15) is 6.54 Å². The molecule has 39 heavy (non-hydrogen) atoms. The van der Waals surface area contributed by atoms with E-state index in [0.29, 0.717) is 23.3 Å². The average molecular weight is 536 g/mol. The first-order chi connectivity index (χ1) is 18.5. The summed E-state index contributed by atoms with van der Waals surface area (Å²) in [5.74, 6) is 8.65. The third-order valence-corrected chi connectivity index (χ3v) is 7.43. The van der Waals surface area contributed by atoms with E-state index in [9.17, 15) is 13.2 Å². The lowest BCUT2D eigenvalue weighted by Gasteiger charge is -2.33. The predicted molar refractivity (Wildman–Crippen MR) is 153 cm³/mol. The van der Waals surface area contributed by atoms with Crippen molar-refractivity contribution in [2.45, 2.75) is 69.8 Å². The zero-order valence-electron chi connectivity index (χ0n) is 23.0. The van der Waals surface area contributed by atoms with Crippen LogP contribution in [0.15, 0.2) is 42.6 Å². The van der Waals surface area contributed by atoms with Gasteiger partial charge in [0, 0.05) is 23.2 Å². The summed E-state index contributed by atoms with van der Waals surface area (Å²) < 4.78 is 41.9. The molecular weight excluding hydrogens is 499 g/mol.